The fourth-order valence-corrected chi connectivity index (χ4v) is 1.45. The van der Waals surface area contributed by atoms with Crippen molar-refractivity contribution in [1.82, 2.24) is 0 Å². The Kier molecular flexibility index (Phi) is 10.4. The SMILES string of the molecule is COC(=O)C[SiH](OC)OC.[Li]. The van der Waals surface area contributed by atoms with Gasteiger partial charge in [-0.1, -0.05) is 0 Å². The monoisotopic (exact) mass is 171 g/mol. The Labute approximate surface area is 80.2 Å². The molecule has 0 amide bonds. The zero-order valence-corrected chi connectivity index (χ0v) is 8.57. The van der Waals surface area contributed by atoms with Crippen molar-refractivity contribution in [2.24, 2.45) is 0 Å². The minimum atomic E-state index is -1.74. The first-order valence-corrected chi connectivity index (χ1v) is 4.63. The molecule has 0 fully saturated rings. The molecule has 0 aliphatic carbocycles. The molecule has 0 unspecified atom stereocenters. The number of esters is 1. The molecule has 0 aliphatic heterocycles. The number of hydrogen-bond acceptors (Lipinski definition) is 4. The average Bonchev–Trinajstić information content (AvgIpc) is 1.99. The molecule has 4 nitrogen and oxygen atoms in total. The van der Waals surface area contributed by atoms with Crippen LogP contribution < -0.4 is 0 Å². The Bertz CT molecular complexity index is 107. The Morgan fingerprint density at radius 1 is 1.27 bits per heavy atom. The molecule has 0 aliphatic rings. The minimum absolute atomic E-state index is 0. The average molecular weight is 171 g/mol. The standard InChI is InChI=1S/C5H12O4Si.Li/c1-7-5(6)4-10(8-2)9-3;/h10H,4H2,1-3H3;. The third kappa shape index (κ3) is 6.60. The second-order valence-corrected chi connectivity index (χ2v) is 3.89. The van der Waals surface area contributed by atoms with Gasteiger partial charge in [0.2, 0.25) is 0 Å². The van der Waals surface area contributed by atoms with Crippen molar-refractivity contribution in [1.29, 1.82) is 0 Å². The van der Waals surface area contributed by atoms with Gasteiger partial charge >= 0.3 is 15.3 Å². The summed E-state index contributed by atoms with van der Waals surface area (Å²) in [6, 6.07) is 0.267. The van der Waals surface area contributed by atoms with Gasteiger partial charge in [0.25, 0.3) is 0 Å². The number of methoxy groups -OCH3 is 1. The minimum Gasteiger partial charge on any atom is -0.469 e. The van der Waals surface area contributed by atoms with Gasteiger partial charge in [-0.05, 0) is 0 Å². The molecule has 0 atom stereocenters. The number of hydrogen-bond donors (Lipinski definition) is 0. The van der Waals surface area contributed by atoms with Crippen molar-refractivity contribution < 1.29 is 18.4 Å². The van der Waals surface area contributed by atoms with E-state index in [1.807, 2.05) is 0 Å². The van der Waals surface area contributed by atoms with Gasteiger partial charge in [0, 0.05) is 33.1 Å². The largest absolute Gasteiger partial charge is 0.469 e. The van der Waals surface area contributed by atoms with Crippen LogP contribution in [-0.2, 0) is 18.4 Å². The number of carbonyl (C=O) groups is 1. The summed E-state index contributed by atoms with van der Waals surface area (Å²) in [6.45, 7) is 0. The van der Waals surface area contributed by atoms with Crippen LogP contribution in [0.4, 0.5) is 0 Å². The number of carbonyl (C=O) groups excluding carboxylic acids is 1. The predicted octanol–water partition coefficient (Wildman–Crippen LogP) is -0.708. The third-order valence-corrected chi connectivity index (χ3v) is 2.81. The first-order chi connectivity index (χ1) is 4.74. The molecular weight excluding hydrogens is 159 g/mol. The molecule has 6 heteroatoms. The van der Waals surface area contributed by atoms with Crippen LogP contribution in [-0.4, -0.2) is 55.4 Å². The molecule has 0 aromatic heterocycles. The topological polar surface area (TPSA) is 44.8 Å². The molecule has 0 N–H and O–H groups in total. The van der Waals surface area contributed by atoms with Crippen molar-refractivity contribution in [3.05, 3.63) is 0 Å². The summed E-state index contributed by atoms with van der Waals surface area (Å²) in [5.41, 5.74) is 0. The van der Waals surface area contributed by atoms with Crippen LogP contribution in [0.5, 0.6) is 0 Å². The van der Waals surface area contributed by atoms with Gasteiger partial charge in [0.15, 0.2) is 0 Å². The molecule has 61 valence electrons. The fourth-order valence-electron chi connectivity index (χ4n) is 0.482. The fraction of sp³-hybridized carbons (Fsp3) is 0.800. The van der Waals surface area contributed by atoms with E-state index in [2.05, 4.69) is 4.74 Å². The summed E-state index contributed by atoms with van der Waals surface area (Å²) in [6.07, 6.45) is 0. The molecule has 0 aromatic rings. The third-order valence-electron chi connectivity index (χ3n) is 1.09. The Morgan fingerprint density at radius 2 is 1.73 bits per heavy atom. The van der Waals surface area contributed by atoms with E-state index < -0.39 is 9.28 Å². The van der Waals surface area contributed by atoms with Crippen LogP contribution in [0, 0.1) is 0 Å². The Hall–Kier alpha value is 0.204. The summed E-state index contributed by atoms with van der Waals surface area (Å²) in [7, 11) is 2.67. The van der Waals surface area contributed by atoms with Gasteiger partial charge in [-0.15, -0.1) is 0 Å². The molecule has 0 bridgehead atoms. The van der Waals surface area contributed by atoms with Crippen molar-refractivity contribution in [3.8, 4) is 0 Å². The summed E-state index contributed by atoms with van der Waals surface area (Å²) in [5.74, 6) is -0.277. The maximum absolute atomic E-state index is 10.6. The van der Waals surface area contributed by atoms with Gasteiger partial charge in [-0.3, -0.25) is 4.79 Å². The molecule has 0 rings (SSSR count). The van der Waals surface area contributed by atoms with Crippen LogP contribution in [0.25, 0.3) is 0 Å². The smallest absolute Gasteiger partial charge is 0.332 e. The second-order valence-electron chi connectivity index (χ2n) is 1.68. The van der Waals surface area contributed by atoms with E-state index in [-0.39, 0.29) is 30.9 Å². The van der Waals surface area contributed by atoms with E-state index in [4.69, 9.17) is 8.85 Å². The van der Waals surface area contributed by atoms with Crippen molar-refractivity contribution in [2.45, 2.75) is 6.04 Å². The molecular formula is C5H12LiO4Si. The van der Waals surface area contributed by atoms with Gasteiger partial charge in [0.1, 0.15) is 0 Å². The molecule has 0 spiro atoms. The summed E-state index contributed by atoms with van der Waals surface area (Å²) >= 11 is 0. The maximum Gasteiger partial charge on any atom is 0.332 e. The van der Waals surface area contributed by atoms with E-state index in [1.54, 1.807) is 0 Å². The van der Waals surface area contributed by atoms with Gasteiger partial charge < -0.3 is 13.6 Å². The zero-order chi connectivity index (χ0) is 7.98. The van der Waals surface area contributed by atoms with Crippen molar-refractivity contribution in [3.63, 3.8) is 0 Å². The molecule has 0 saturated heterocycles. The second kappa shape index (κ2) is 8.30. The summed E-state index contributed by atoms with van der Waals surface area (Å²) in [4.78, 5) is 10.6. The van der Waals surface area contributed by atoms with Crippen LogP contribution in [0.2, 0.25) is 6.04 Å². The van der Waals surface area contributed by atoms with Crippen molar-refractivity contribution in [2.75, 3.05) is 21.3 Å². The molecule has 0 aromatic carbocycles. The zero-order valence-electron chi connectivity index (χ0n) is 7.42. The Morgan fingerprint density at radius 3 is 2.00 bits per heavy atom. The molecule has 0 saturated carbocycles. The van der Waals surface area contributed by atoms with Gasteiger partial charge in [-0.25, -0.2) is 0 Å². The van der Waals surface area contributed by atoms with Crippen molar-refractivity contribution >= 4 is 34.1 Å². The van der Waals surface area contributed by atoms with E-state index >= 15 is 0 Å². The van der Waals surface area contributed by atoms with E-state index in [0.717, 1.165) is 0 Å². The van der Waals surface area contributed by atoms with E-state index in [0.29, 0.717) is 0 Å². The summed E-state index contributed by atoms with van der Waals surface area (Å²) in [5, 5.41) is 0. The molecule has 1 radical (unpaired) electrons. The maximum atomic E-state index is 10.6. The molecule has 0 heterocycles. The Balaban J connectivity index is 0. The van der Waals surface area contributed by atoms with Gasteiger partial charge in [0.05, 0.1) is 13.2 Å². The number of ether oxygens (including phenoxy) is 1. The first-order valence-electron chi connectivity index (χ1n) is 2.87. The van der Waals surface area contributed by atoms with Crippen LogP contribution >= 0.6 is 0 Å². The summed E-state index contributed by atoms with van der Waals surface area (Å²) < 4.78 is 14.2. The van der Waals surface area contributed by atoms with Gasteiger partial charge in [-0.2, -0.15) is 0 Å². The first kappa shape index (κ1) is 13.8. The predicted molar refractivity (Wildman–Crippen MR) is 43.7 cm³/mol. The normalized spacial score (nSPS) is 9.09. The quantitative estimate of drug-likeness (QED) is 0.414. The number of rotatable bonds is 4. The van der Waals surface area contributed by atoms with Crippen LogP contribution in [0.1, 0.15) is 0 Å². The molecule has 11 heavy (non-hydrogen) atoms. The van der Waals surface area contributed by atoms with Crippen LogP contribution in [0.15, 0.2) is 0 Å². The van der Waals surface area contributed by atoms with E-state index in [9.17, 15) is 4.79 Å². The van der Waals surface area contributed by atoms with E-state index in [1.165, 1.54) is 21.3 Å². The van der Waals surface area contributed by atoms with Crippen LogP contribution in [0.3, 0.4) is 0 Å².